The number of halogens is 4. The van der Waals surface area contributed by atoms with Crippen LogP contribution in [-0.4, -0.2) is 14.6 Å². The van der Waals surface area contributed by atoms with Crippen LogP contribution in [0.25, 0.3) is 5.52 Å². The predicted molar refractivity (Wildman–Crippen MR) is 50.7 cm³/mol. The zero-order valence-electron chi connectivity index (χ0n) is 5.93. The molecule has 0 amide bonds. The van der Waals surface area contributed by atoms with Crippen molar-refractivity contribution in [1.82, 2.24) is 14.6 Å². The summed E-state index contributed by atoms with van der Waals surface area (Å²) in [6.45, 7) is 0. The Hall–Kier alpha value is -0.390. The van der Waals surface area contributed by atoms with E-state index < -0.39 is 5.82 Å². The number of nitrogens with zero attached hydrogens (tertiary/aromatic N) is 3. The summed E-state index contributed by atoms with van der Waals surface area (Å²) in [6.07, 6.45) is 1.17. The topological polar surface area (TPSA) is 30.2 Å². The Kier molecular flexibility index (Phi) is 2.17. The second-order valence-electron chi connectivity index (χ2n) is 2.26. The van der Waals surface area contributed by atoms with E-state index in [1.807, 2.05) is 0 Å². The molecule has 2 heterocycles. The Morgan fingerprint density at radius 2 is 2.15 bits per heavy atom. The molecule has 0 aliphatic rings. The molecule has 0 aromatic carbocycles. The molecular weight excluding hydrogens is 284 g/mol. The quantitative estimate of drug-likeness (QED) is 0.745. The third kappa shape index (κ3) is 1.41. The van der Waals surface area contributed by atoms with Crippen LogP contribution in [0, 0.1) is 5.82 Å². The Bertz CT molecular complexity index is 484. The molecule has 0 fully saturated rings. The molecule has 0 saturated carbocycles. The van der Waals surface area contributed by atoms with Gasteiger partial charge in [-0.1, -0.05) is 11.6 Å². The molecule has 0 atom stereocenters. The van der Waals surface area contributed by atoms with E-state index in [0.717, 1.165) is 0 Å². The van der Waals surface area contributed by atoms with Gasteiger partial charge in [-0.05, 0) is 27.5 Å². The average molecular weight is 285 g/mol. The molecule has 68 valence electrons. The van der Waals surface area contributed by atoms with Crippen molar-refractivity contribution < 1.29 is 4.39 Å². The molecule has 2 aromatic heterocycles. The minimum Gasteiger partial charge on any atom is -0.231 e. The van der Waals surface area contributed by atoms with E-state index >= 15 is 0 Å². The summed E-state index contributed by atoms with van der Waals surface area (Å²) < 4.78 is 14.5. The first-order chi connectivity index (χ1) is 6.09. The maximum Gasteiger partial charge on any atom is 0.242 e. The highest BCUT2D eigenvalue weighted by Crippen LogP contribution is 2.28. The van der Waals surface area contributed by atoms with Gasteiger partial charge in [0.2, 0.25) is 5.28 Å². The van der Waals surface area contributed by atoms with Crippen molar-refractivity contribution in [2.45, 2.75) is 0 Å². The van der Waals surface area contributed by atoms with Crippen LogP contribution in [0.5, 0.6) is 0 Å². The zero-order chi connectivity index (χ0) is 9.59. The smallest absolute Gasteiger partial charge is 0.231 e. The fourth-order valence-corrected chi connectivity index (χ4v) is 2.01. The monoisotopic (exact) mass is 283 g/mol. The fraction of sp³-hybridized carbons (Fsp3) is 0. The largest absolute Gasteiger partial charge is 0.242 e. The van der Waals surface area contributed by atoms with Gasteiger partial charge in [-0.15, -0.1) is 5.10 Å². The van der Waals surface area contributed by atoms with E-state index in [1.165, 1.54) is 10.7 Å². The molecule has 0 spiro atoms. The Morgan fingerprint density at radius 1 is 1.46 bits per heavy atom. The number of fused-ring (bicyclic) bond motifs is 1. The van der Waals surface area contributed by atoms with E-state index in [0.29, 0.717) is 5.52 Å². The summed E-state index contributed by atoms with van der Waals surface area (Å²) in [5.74, 6) is -0.460. The van der Waals surface area contributed by atoms with Crippen LogP contribution in [0.1, 0.15) is 0 Å². The molecule has 2 rings (SSSR count). The molecular formula is C6HBrCl2FN3. The molecule has 0 aliphatic carbocycles. The van der Waals surface area contributed by atoms with Gasteiger partial charge in [0.15, 0.2) is 11.0 Å². The van der Waals surface area contributed by atoms with Crippen molar-refractivity contribution in [2.75, 3.05) is 0 Å². The van der Waals surface area contributed by atoms with Gasteiger partial charge in [0.05, 0.1) is 10.7 Å². The van der Waals surface area contributed by atoms with Crippen LogP contribution in [0.15, 0.2) is 10.7 Å². The molecule has 3 nitrogen and oxygen atoms in total. The molecule has 13 heavy (non-hydrogen) atoms. The molecule has 0 bridgehead atoms. The summed E-state index contributed by atoms with van der Waals surface area (Å²) in [4.78, 5) is 3.68. The van der Waals surface area contributed by atoms with Crippen LogP contribution < -0.4 is 0 Å². The maximum atomic E-state index is 13.0. The lowest BCUT2D eigenvalue weighted by molar-refractivity contribution is 0.620. The normalized spacial score (nSPS) is 11.1. The predicted octanol–water partition coefficient (Wildman–Crippen LogP) is 2.94. The van der Waals surface area contributed by atoms with Crippen molar-refractivity contribution in [3.63, 3.8) is 0 Å². The van der Waals surface area contributed by atoms with Crippen molar-refractivity contribution in [2.24, 2.45) is 0 Å². The Morgan fingerprint density at radius 3 is 2.85 bits per heavy atom. The molecule has 0 radical (unpaired) electrons. The van der Waals surface area contributed by atoms with E-state index in [4.69, 9.17) is 23.2 Å². The van der Waals surface area contributed by atoms with Gasteiger partial charge in [-0.2, -0.15) is 0 Å². The highest BCUT2D eigenvalue weighted by molar-refractivity contribution is 9.10. The highest BCUT2D eigenvalue weighted by atomic mass is 79.9. The summed E-state index contributed by atoms with van der Waals surface area (Å²) in [5, 5.41) is 3.81. The van der Waals surface area contributed by atoms with E-state index in [9.17, 15) is 4.39 Å². The number of hydrogen-bond acceptors (Lipinski definition) is 2. The van der Waals surface area contributed by atoms with Crippen LogP contribution in [0.3, 0.4) is 0 Å². The standard InChI is InChI=1S/C6HBrCl2FN3/c7-3-2(10)1-13-4(3)5(8)11-6(9)12-13/h1H. The first-order valence-corrected chi connectivity index (χ1v) is 4.70. The van der Waals surface area contributed by atoms with Crippen LogP contribution in [0.4, 0.5) is 4.39 Å². The molecule has 2 aromatic rings. The maximum absolute atomic E-state index is 13.0. The first-order valence-electron chi connectivity index (χ1n) is 3.15. The average Bonchev–Trinajstić information content (AvgIpc) is 2.27. The molecule has 0 N–H and O–H groups in total. The summed E-state index contributed by atoms with van der Waals surface area (Å²) in [5.41, 5.74) is 0.364. The lowest BCUT2D eigenvalue weighted by atomic mass is 10.5. The van der Waals surface area contributed by atoms with Gasteiger partial charge in [-0.3, -0.25) is 0 Å². The highest BCUT2D eigenvalue weighted by Gasteiger charge is 2.13. The summed E-state index contributed by atoms with van der Waals surface area (Å²) >= 11 is 14.3. The van der Waals surface area contributed by atoms with Gasteiger partial charge in [0.25, 0.3) is 0 Å². The van der Waals surface area contributed by atoms with Gasteiger partial charge in [-0.25, -0.2) is 13.9 Å². The number of rotatable bonds is 0. The fourth-order valence-electron chi connectivity index (χ4n) is 0.951. The van der Waals surface area contributed by atoms with Crippen molar-refractivity contribution in [1.29, 1.82) is 0 Å². The van der Waals surface area contributed by atoms with Gasteiger partial charge >= 0.3 is 0 Å². The van der Waals surface area contributed by atoms with Gasteiger partial charge < -0.3 is 0 Å². The molecule has 7 heteroatoms. The van der Waals surface area contributed by atoms with Crippen LogP contribution in [0.2, 0.25) is 10.4 Å². The van der Waals surface area contributed by atoms with Gasteiger partial charge in [0, 0.05) is 0 Å². The molecule has 0 saturated heterocycles. The van der Waals surface area contributed by atoms with Crippen molar-refractivity contribution >= 4 is 44.6 Å². The van der Waals surface area contributed by atoms with E-state index in [2.05, 4.69) is 26.0 Å². The van der Waals surface area contributed by atoms with Crippen LogP contribution in [-0.2, 0) is 0 Å². The second-order valence-corrected chi connectivity index (χ2v) is 3.74. The van der Waals surface area contributed by atoms with E-state index in [-0.39, 0.29) is 14.9 Å². The number of hydrogen-bond donors (Lipinski definition) is 0. The lowest BCUT2D eigenvalue weighted by Gasteiger charge is -1.96. The van der Waals surface area contributed by atoms with E-state index in [1.54, 1.807) is 0 Å². The first kappa shape index (κ1) is 9.18. The Labute approximate surface area is 90.6 Å². The molecule has 0 aliphatic heterocycles. The summed E-state index contributed by atoms with van der Waals surface area (Å²) in [6, 6.07) is 0. The SMILES string of the molecule is Fc1cn2nc(Cl)nc(Cl)c2c1Br. The minimum atomic E-state index is -0.460. The van der Waals surface area contributed by atoms with Crippen LogP contribution >= 0.6 is 39.1 Å². The second kappa shape index (κ2) is 3.08. The zero-order valence-corrected chi connectivity index (χ0v) is 9.03. The minimum absolute atomic E-state index is 0.0278. The molecule has 0 unspecified atom stereocenters. The third-order valence-corrected chi connectivity index (χ3v) is 2.64. The Balaban J connectivity index is 2.94. The lowest BCUT2D eigenvalue weighted by Crippen LogP contribution is -1.93. The third-order valence-electron chi connectivity index (χ3n) is 1.46. The van der Waals surface area contributed by atoms with Crippen molar-refractivity contribution in [3.05, 3.63) is 26.9 Å². The summed E-state index contributed by atoms with van der Waals surface area (Å²) in [7, 11) is 0. The number of aromatic nitrogens is 3. The van der Waals surface area contributed by atoms with Gasteiger partial charge in [0.1, 0.15) is 5.52 Å². The van der Waals surface area contributed by atoms with Crippen molar-refractivity contribution in [3.8, 4) is 0 Å².